The Kier molecular flexibility index (Phi) is 4.34. The van der Waals surface area contributed by atoms with Crippen LogP contribution in [0.5, 0.6) is 0 Å². The van der Waals surface area contributed by atoms with Crippen LogP contribution in [0.25, 0.3) is 0 Å². The molecule has 1 heterocycles. The number of hydrogen-bond donors (Lipinski definition) is 2. The van der Waals surface area contributed by atoms with Gasteiger partial charge in [0.15, 0.2) is 0 Å². The average molecular weight is 339 g/mol. The van der Waals surface area contributed by atoms with Gasteiger partial charge in [-0.1, -0.05) is 0 Å². The van der Waals surface area contributed by atoms with Crippen molar-refractivity contribution in [2.24, 2.45) is 5.73 Å². The Bertz CT molecular complexity index is 607. The van der Waals surface area contributed by atoms with Gasteiger partial charge in [-0.15, -0.1) is 11.3 Å². The first-order chi connectivity index (χ1) is 9.04. The minimum Gasteiger partial charge on any atom is -0.366 e. The van der Waals surface area contributed by atoms with Gasteiger partial charge < -0.3 is 11.1 Å². The standard InChI is InChI=1S/C13H11BrN2O2S/c14-11-6-5-10(19-11)7-12(17)16-9-3-1-8(2-4-9)13(15)18/h1-6H,7H2,(H2,15,18)(H,16,17). The number of nitrogens with one attached hydrogen (secondary N) is 1. The normalized spacial score (nSPS) is 10.2. The molecular formula is C13H11BrN2O2S. The lowest BCUT2D eigenvalue weighted by atomic mass is 10.2. The number of hydrogen-bond acceptors (Lipinski definition) is 3. The summed E-state index contributed by atoms with van der Waals surface area (Å²) in [7, 11) is 0. The molecule has 98 valence electrons. The summed E-state index contributed by atoms with van der Waals surface area (Å²) in [5, 5.41) is 2.77. The van der Waals surface area contributed by atoms with Crippen molar-refractivity contribution in [3.05, 3.63) is 50.6 Å². The zero-order valence-electron chi connectivity index (χ0n) is 9.85. The first-order valence-corrected chi connectivity index (χ1v) is 7.09. The summed E-state index contributed by atoms with van der Waals surface area (Å²) in [5.41, 5.74) is 6.20. The first-order valence-electron chi connectivity index (χ1n) is 5.48. The Labute approximate surface area is 122 Å². The molecule has 2 amide bonds. The van der Waals surface area contributed by atoms with Gasteiger partial charge in [0.1, 0.15) is 0 Å². The Morgan fingerprint density at radius 2 is 1.84 bits per heavy atom. The molecule has 0 unspecified atom stereocenters. The van der Waals surface area contributed by atoms with Crippen LogP contribution in [0.1, 0.15) is 15.2 Å². The molecule has 0 saturated carbocycles. The molecule has 2 rings (SSSR count). The molecule has 0 fully saturated rings. The van der Waals surface area contributed by atoms with Gasteiger partial charge >= 0.3 is 0 Å². The Balaban J connectivity index is 1.97. The van der Waals surface area contributed by atoms with Gasteiger partial charge in [0.25, 0.3) is 0 Å². The lowest BCUT2D eigenvalue weighted by Gasteiger charge is -2.04. The second-order valence-corrected chi connectivity index (χ2v) is 6.42. The fourth-order valence-corrected chi connectivity index (χ4v) is 3.01. The van der Waals surface area contributed by atoms with Crippen LogP contribution in [0.4, 0.5) is 5.69 Å². The number of anilines is 1. The molecule has 1 aromatic carbocycles. The van der Waals surface area contributed by atoms with Crippen LogP contribution in [0.2, 0.25) is 0 Å². The van der Waals surface area contributed by atoms with Crippen molar-refractivity contribution in [1.29, 1.82) is 0 Å². The maximum absolute atomic E-state index is 11.8. The third kappa shape index (κ3) is 3.90. The van der Waals surface area contributed by atoms with Crippen molar-refractivity contribution in [3.63, 3.8) is 0 Å². The summed E-state index contributed by atoms with van der Waals surface area (Å²) in [4.78, 5) is 23.7. The molecule has 0 radical (unpaired) electrons. The highest BCUT2D eigenvalue weighted by Gasteiger charge is 2.07. The molecule has 0 aliphatic carbocycles. The molecule has 0 aliphatic rings. The van der Waals surface area contributed by atoms with E-state index in [4.69, 9.17) is 5.73 Å². The van der Waals surface area contributed by atoms with Crippen LogP contribution in [-0.2, 0) is 11.2 Å². The highest BCUT2D eigenvalue weighted by molar-refractivity contribution is 9.11. The lowest BCUT2D eigenvalue weighted by molar-refractivity contribution is -0.115. The third-order valence-corrected chi connectivity index (χ3v) is 4.04. The van der Waals surface area contributed by atoms with Gasteiger partial charge in [-0.25, -0.2) is 0 Å². The van der Waals surface area contributed by atoms with Crippen LogP contribution in [-0.4, -0.2) is 11.8 Å². The van der Waals surface area contributed by atoms with Crippen molar-refractivity contribution < 1.29 is 9.59 Å². The van der Waals surface area contributed by atoms with Gasteiger partial charge in [0.2, 0.25) is 11.8 Å². The van der Waals surface area contributed by atoms with Crippen LogP contribution < -0.4 is 11.1 Å². The van der Waals surface area contributed by atoms with Crippen molar-refractivity contribution in [2.45, 2.75) is 6.42 Å². The van der Waals surface area contributed by atoms with E-state index < -0.39 is 5.91 Å². The zero-order valence-corrected chi connectivity index (χ0v) is 12.3. The van der Waals surface area contributed by atoms with E-state index in [1.807, 2.05) is 12.1 Å². The van der Waals surface area contributed by atoms with Gasteiger partial charge in [0.05, 0.1) is 10.2 Å². The SMILES string of the molecule is NC(=O)c1ccc(NC(=O)Cc2ccc(Br)s2)cc1. The third-order valence-electron chi connectivity index (χ3n) is 2.42. The van der Waals surface area contributed by atoms with Crippen LogP contribution >= 0.6 is 27.3 Å². The molecule has 0 bridgehead atoms. The van der Waals surface area contributed by atoms with Crippen molar-refractivity contribution >= 4 is 44.8 Å². The Morgan fingerprint density at radius 3 is 2.37 bits per heavy atom. The van der Waals surface area contributed by atoms with Crippen molar-refractivity contribution in [2.75, 3.05) is 5.32 Å². The number of benzene rings is 1. The highest BCUT2D eigenvalue weighted by atomic mass is 79.9. The molecule has 0 saturated heterocycles. The second kappa shape index (κ2) is 5.99. The molecule has 1 aromatic heterocycles. The van der Waals surface area contributed by atoms with Gasteiger partial charge in [-0.3, -0.25) is 9.59 Å². The van der Waals surface area contributed by atoms with Crippen molar-refractivity contribution in [1.82, 2.24) is 0 Å². The highest BCUT2D eigenvalue weighted by Crippen LogP contribution is 2.22. The van der Waals surface area contributed by atoms with Crippen LogP contribution in [0.15, 0.2) is 40.2 Å². The van der Waals surface area contributed by atoms with E-state index in [2.05, 4.69) is 21.2 Å². The van der Waals surface area contributed by atoms with Crippen LogP contribution in [0, 0.1) is 0 Å². The molecule has 0 spiro atoms. The van der Waals surface area contributed by atoms with Crippen LogP contribution in [0.3, 0.4) is 0 Å². The van der Waals surface area contributed by atoms with Gasteiger partial charge in [0, 0.05) is 16.1 Å². The predicted molar refractivity (Wildman–Crippen MR) is 79.3 cm³/mol. The Morgan fingerprint density at radius 1 is 1.16 bits per heavy atom. The number of rotatable bonds is 4. The minimum absolute atomic E-state index is 0.0961. The van der Waals surface area contributed by atoms with E-state index in [0.717, 1.165) is 8.66 Å². The predicted octanol–water partition coefficient (Wildman–Crippen LogP) is 2.79. The summed E-state index contributed by atoms with van der Waals surface area (Å²) in [6.45, 7) is 0. The van der Waals surface area contributed by atoms with Gasteiger partial charge in [-0.2, -0.15) is 0 Å². The van der Waals surface area contributed by atoms with Gasteiger partial charge in [-0.05, 0) is 52.3 Å². The number of carbonyl (C=O) groups is 2. The number of primary amides is 1. The summed E-state index contributed by atoms with van der Waals surface area (Å²) in [5.74, 6) is -0.581. The van der Waals surface area contributed by atoms with Crippen molar-refractivity contribution in [3.8, 4) is 0 Å². The van der Waals surface area contributed by atoms with E-state index in [1.54, 1.807) is 24.3 Å². The van der Waals surface area contributed by atoms with E-state index >= 15 is 0 Å². The summed E-state index contributed by atoms with van der Waals surface area (Å²) < 4.78 is 1.00. The monoisotopic (exact) mass is 338 g/mol. The molecule has 6 heteroatoms. The summed E-state index contributed by atoms with van der Waals surface area (Å²) >= 11 is 4.88. The number of nitrogens with two attached hydrogens (primary N) is 1. The number of halogens is 1. The fraction of sp³-hybridized carbons (Fsp3) is 0.0769. The van der Waals surface area contributed by atoms with E-state index in [0.29, 0.717) is 17.7 Å². The number of amides is 2. The zero-order chi connectivity index (χ0) is 13.8. The molecule has 0 atom stereocenters. The largest absolute Gasteiger partial charge is 0.366 e. The first kappa shape index (κ1) is 13.8. The second-order valence-electron chi connectivity index (χ2n) is 3.87. The Hall–Kier alpha value is -1.66. The van der Waals surface area contributed by atoms with E-state index in [1.165, 1.54) is 11.3 Å². The fourth-order valence-electron chi connectivity index (χ4n) is 1.53. The minimum atomic E-state index is -0.485. The molecule has 4 nitrogen and oxygen atoms in total. The molecule has 2 aromatic rings. The molecule has 19 heavy (non-hydrogen) atoms. The number of thiophene rings is 1. The maximum atomic E-state index is 11.8. The molecule has 3 N–H and O–H groups in total. The molecule has 0 aliphatic heterocycles. The lowest BCUT2D eigenvalue weighted by Crippen LogP contribution is -2.14. The van der Waals surface area contributed by atoms with E-state index in [-0.39, 0.29) is 5.91 Å². The maximum Gasteiger partial charge on any atom is 0.248 e. The average Bonchev–Trinajstić information content (AvgIpc) is 2.75. The summed E-state index contributed by atoms with van der Waals surface area (Å²) in [6.07, 6.45) is 0.327. The quantitative estimate of drug-likeness (QED) is 0.899. The number of carbonyl (C=O) groups excluding carboxylic acids is 2. The smallest absolute Gasteiger partial charge is 0.248 e. The van der Waals surface area contributed by atoms with E-state index in [9.17, 15) is 9.59 Å². The summed E-state index contributed by atoms with van der Waals surface area (Å²) in [6, 6.07) is 10.3. The topological polar surface area (TPSA) is 72.2 Å². The molecular weight excluding hydrogens is 328 g/mol.